The van der Waals surface area contributed by atoms with Gasteiger partial charge in [-0.3, -0.25) is 4.79 Å². The Morgan fingerprint density at radius 2 is 0.920 bits per heavy atom. The second-order valence-corrected chi connectivity index (χ2v) is 7.27. The minimum atomic E-state index is 0. The number of carbonyl (C=O) groups is 1. The average Bonchev–Trinajstić information content (AvgIpc) is 2.59. The van der Waals surface area contributed by atoms with Crippen LogP contribution in [0.15, 0.2) is 0 Å². The van der Waals surface area contributed by atoms with Gasteiger partial charge in [0.15, 0.2) is 0 Å². The maximum absolute atomic E-state index is 11.6. The summed E-state index contributed by atoms with van der Waals surface area (Å²) in [5.74, 6) is 0.0134. The Labute approximate surface area is 180 Å². The number of esters is 1. The molecule has 0 spiro atoms. The third-order valence-corrected chi connectivity index (χ3v) is 4.75. The molecule has 0 aliphatic heterocycles. The van der Waals surface area contributed by atoms with Crippen LogP contribution < -0.4 is 0 Å². The van der Waals surface area contributed by atoms with Crippen LogP contribution in [0, 0.1) is 0 Å². The average molecular weight is 365 g/mol. The van der Waals surface area contributed by atoms with Crippen LogP contribution in [0.2, 0.25) is 0 Å². The Morgan fingerprint density at radius 3 is 1.36 bits per heavy atom. The van der Waals surface area contributed by atoms with Crippen molar-refractivity contribution in [3.63, 3.8) is 0 Å². The number of hydrogen-bond acceptors (Lipinski definition) is 2. The summed E-state index contributed by atoms with van der Waals surface area (Å²) in [6, 6.07) is 0. The van der Waals surface area contributed by atoms with Crippen LogP contribution in [0.4, 0.5) is 0 Å². The third-order valence-electron chi connectivity index (χ3n) is 4.75. The van der Waals surface area contributed by atoms with Gasteiger partial charge >= 0.3 is 35.5 Å². The molecule has 25 heavy (non-hydrogen) atoms. The predicted molar refractivity (Wildman–Crippen MR) is 113 cm³/mol. The monoisotopic (exact) mass is 364 g/mol. The third kappa shape index (κ3) is 24.5. The van der Waals surface area contributed by atoms with E-state index in [1.807, 2.05) is 0 Å². The molecule has 3 heteroatoms. The van der Waals surface area contributed by atoms with Gasteiger partial charge in [0.2, 0.25) is 0 Å². The summed E-state index contributed by atoms with van der Waals surface area (Å²) >= 11 is 0. The van der Waals surface area contributed by atoms with E-state index in [-0.39, 0.29) is 35.5 Å². The van der Waals surface area contributed by atoms with Gasteiger partial charge in [0.25, 0.3) is 0 Å². The molecule has 0 saturated carbocycles. The molecular formula is C22H45NaO2. The van der Waals surface area contributed by atoms with Gasteiger partial charge in [-0.05, 0) is 12.8 Å². The van der Waals surface area contributed by atoms with Gasteiger partial charge in [0.1, 0.15) is 0 Å². The molecule has 0 aromatic heterocycles. The Morgan fingerprint density at radius 1 is 0.560 bits per heavy atom. The Bertz CT molecular complexity index is 256. The van der Waals surface area contributed by atoms with Crippen LogP contribution in [0.1, 0.15) is 129 Å². The zero-order valence-electron chi connectivity index (χ0n) is 16.8. The molecule has 0 bridgehead atoms. The van der Waals surface area contributed by atoms with Gasteiger partial charge in [0.05, 0.1) is 6.61 Å². The van der Waals surface area contributed by atoms with E-state index in [1.54, 1.807) is 0 Å². The Kier molecular flexibility index (Phi) is 27.1. The fourth-order valence-electron chi connectivity index (χ4n) is 3.07. The Balaban J connectivity index is 0. The quantitative estimate of drug-likeness (QED) is 0.141. The van der Waals surface area contributed by atoms with Crippen LogP contribution in [0.3, 0.4) is 0 Å². The fourth-order valence-corrected chi connectivity index (χ4v) is 3.07. The normalized spacial score (nSPS) is 10.5. The second kappa shape index (κ2) is 24.5. The minimum absolute atomic E-state index is 0. The number of ether oxygens (including phenoxy) is 1. The maximum atomic E-state index is 11.6. The van der Waals surface area contributed by atoms with Crippen molar-refractivity contribution in [2.45, 2.75) is 129 Å². The fraction of sp³-hybridized carbons (Fsp3) is 0.955. The van der Waals surface area contributed by atoms with E-state index in [0.717, 1.165) is 12.8 Å². The van der Waals surface area contributed by atoms with E-state index in [0.29, 0.717) is 13.0 Å². The van der Waals surface area contributed by atoms with E-state index in [1.165, 1.54) is 96.3 Å². The molecule has 0 amide bonds. The van der Waals surface area contributed by atoms with Gasteiger partial charge in [-0.2, -0.15) is 0 Å². The summed E-state index contributed by atoms with van der Waals surface area (Å²) in [6.07, 6.45) is 22.6. The van der Waals surface area contributed by atoms with Gasteiger partial charge in [-0.15, -0.1) is 0 Å². The number of hydrogen-bond donors (Lipinski definition) is 0. The van der Waals surface area contributed by atoms with Crippen LogP contribution in [-0.4, -0.2) is 42.1 Å². The van der Waals surface area contributed by atoms with E-state index in [4.69, 9.17) is 4.74 Å². The van der Waals surface area contributed by atoms with E-state index in [9.17, 15) is 4.79 Å². The first-order valence-corrected chi connectivity index (χ1v) is 11.0. The SMILES string of the molecule is CCCCCCCCCCCCOC(=O)CCCCCCCCC.[NaH]. The van der Waals surface area contributed by atoms with Crippen LogP contribution >= 0.6 is 0 Å². The first-order valence-electron chi connectivity index (χ1n) is 11.0. The first kappa shape index (κ1) is 27.7. The van der Waals surface area contributed by atoms with Gasteiger partial charge < -0.3 is 4.74 Å². The summed E-state index contributed by atoms with van der Waals surface area (Å²) in [5.41, 5.74) is 0. The molecule has 0 aliphatic carbocycles. The molecule has 0 unspecified atom stereocenters. The van der Waals surface area contributed by atoms with E-state index in [2.05, 4.69) is 13.8 Å². The van der Waals surface area contributed by atoms with Gasteiger partial charge in [-0.1, -0.05) is 110 Å². The predicted octanol–water partition coefficient (Wildman–Crippen LogP) is 6.94. The van der Waals surface area contributed by atoms with Crippen LogP contribution in [0.5, 0.6) is 0 Å². The molecular weight excluding hydrogens is 319 g/mol. The molecule has 0 aromatic carbocycles. The van der Waals surface area contributed by atoms with Crippen molar-refractivity contribution in [2.75, 3.05) is 6.61 Å². The summed E-state index contributed by atoms with van der Waals surface area (Å²) in [5, 5.41) is 0. The summed E-state index contributed by atoms with van der Waals surface area (Å²) < 4.78 is 5.32. The molecule has 146 valence electrons. The summed E-state index contributed by atoms with van der Waals surface area (Å²) in [6.45, 7) is 5.14. The molecule has 0 heterocycles. The zero-order valence-corrected chi connectivity index (χ0v) is 16.8. The molecule has 0 rings (SSSR count). The number of rotatable bonds is 19. The van der Waals surface area contributed by atoms with Gasteiger partial charge in [-0.25, -0.2) is 0 Å². The topological polar surface area (TPSA) is 26.3 Å². The summed E-state index contributed by atoms with van der Waals surface area (Å²) in [7, 11) is 0. The second-order valence-electron chi connectivity index (χ2n) is 7.27. The van der Waals surface area contributed by atoms with Crippen molar-refractivity contribution in [3.05, 3.63) is 0 Å². The standard InChI is InChI=1S/C22H44O2.Na.H/c1-3-5-7-9-11-12-13-15-17-19-21-24-22(23)20-18-16-14-10-8-6-4-2;;/h3-21H2,1-2H3;;. The van der Waals surface area contributed by atoms with Crippen molar-refractivity contribution in [2.24, 2.45) is 0 Å². The van der Waals surface area contributed by atoms with E-state index >= 15 is 0 Å². The molecule has 0 aliphatic rings. The van der Waals surface area contributed by atoms with Crippen molar-refractivity contribution in [1.82, 2.24) is 0 Å². The van der Waals surface area contributed by atoms with Crippen LogP contribution in [-0.2, 0) is 9.53 Å². The van der Waals surface area contributed by atoms with Crippen molar-refractivity contribution < 1.29 is 9.53 Å². The summed E-state index contributed by atoms with van der Waals surface area (Å²) in [4.78, 5) is 11.6. The van der Waals surface area contributed by atoms with Crippen molar-refractivity contribution in [3.8, 4) is 0 Å². The van der Waals surface area contributed by atoms with Gasteiger partial charge in [0, 0.05) is 6.42 Å². The van der Waals surface area contributed by atoms with Crippen LogP contribution in [0.25, 0.3) is 0 Å². The Hall–Kier alpha value is 0.470. The molecule has 2 nitrogen and oxygen atoms in total. The number of carbonyl (C=O) groups excluding carboxylic acids is 1. The molecule has 0 aromatic rings. The molecule has 0 radical (unpaired) electrons. The first-order chi connectivity index (χ1) is 11.8. The number of unbranched alkanes of at least 4 members (excludes halogenated alkanes) is 15. The molecule has 0 saturated heterocycles. The molecule has 0 N–H and O–H groups in total. The molecule has 0 atom stereocenters. The van der Waals surface area contributed by atoms with Crippen molar-refractivity contribution in [1.29, 1.82) is 0 Å². The molecule has 0 fully saturated rings. The van der Waals surface area contributed by atoms with Crippen molar-refractivity contribution >= 4 is 35.5 Å². The zero-order chi connectivity index (χ0) is 17.7. The van der Waals surface area contributed by atoms with E-state index < -0.39 is 0 Å².